The van der Waals surface area contributed by atoms with Gasteiger partial charge in [-0.3, -0.25) is 4.79 Å². The van der Waals surface area contributed by atoms with Crippen molar-refractivity contribution in [2.75, 3.05) is 16.4 Å². The number of nitrogens with two attached hydrogens (primary N) is 1. The SMILES string of the molecule is CC(=O)c1cccc(Nc2ncnc(Nc3ccccc3Br)c2N)c1. The highest BCUT2D eigenvalue weighted by atomic mass is 79.9. The molecule has 0 saturated carbocycles. The lowest BCUT2D eigenvalue weighted by Crippen LogP contribution is -2.05. The van der Waals surface area contributed by atoms with Crippen LogP contribution < -0.4 is 16.4 Å². The van der Waals surface area contributed by atoms with E-state index in [1.54, 1.807) is 18.2 Å². The topological polar surface area (TPSA) is 92.9 Å². The van der Waals surface area contributed by atoms with Gasteiger partial charge in [-0.25, -0.2) is 9.97 Å². The number of rotatable bonds is 5. The van der Waals surface area contributed by atoms with Crippen LogP contribution in [0.1, 0.15) is 17.3 Å². The molecule has 25 heavy (non-hydrogen) atoms. The van der Waals surface area contributed by atoms with Gasteiger partial charge in [-0.05, 0) is 47.1 Å². The maximum atomic E-state index is 11.5. The average Bonchev–Trinajstić information content (AvgIpc) is 2.60. The Morgan fingerprint density at radius 1 is 1.04 bits per heavy atom. The number of hydrogen-bond donors (Lipinski definition) is 3. The molecule has 0 amide bonds. The van der Waals surface area contributed by atoms with Gasteiger partial charge in [-0.1, -0.05) is 24.3 Å². The molecular weight excluding hydrogens is 382 g/mol. The summed E-state index contributed by atoms with van der Waals surface area (Å²) in [4.78, 5) is 19.9. The number of para-hydroxylation sites is 1. The standard InChI is InChI=1S/C18H16BrN5O/c1-11(25)12-5-4-6-13(9-12)23-17-16(20)18(22-10-21-17)24-15-8-3-2-7-14(15)19/h2-10H,20H2,1H3,(H2,21,22,23,24). The Labute approximate surface area is 153 Å². The van der Waals surface area contributed by atoms with Crippen LogP contribution >= 0.6 is 15.9 Å². The van der Waals surface area contributed by atoms with Crippen molar-refractivity contribution < 1.29 is 4.79 Å². The van der Waals surface area contributed by atoms with E-state index in [2.05, 4.69) is 36.5 Å². The Hall–Kier alpha value is -2.93. The number of ketones is 1. The summed E-state index contributed by atoms with van der Waals surface area (Å²) in [6.07, 6.45) is 1.42. The molecule has 0 aliphatic carbocycles. The fraction of sp³-hybridized carbons (Fsp3) is 0.0556. The Kier molecular flexibility index (Phi) is 4.95. The largest absolute Gasteiger partial charge is 0.393 e. The smallest absolute Gasteiger partial charge is 0.159 e. The van der Waals surface area contributed by atoms with Gasteiger partial charge in [0.2, 0.25) is 0 Å². The van der Waals surface area contributed by atoms with Gasteiger partial charge < -0.3 is 16.4 Å². The first-order chi connectivity index (χ1) is 12.0. The van der Waals surface area contributed by atoms with Crippen LogP contribution in [-0.2, 0) is 0 Å². The van der Waals surface area contributed by atoms with Crippen molar-refractivity contribution in [1.29, 1.82) is 0 Å². The number of hydrogen-bond acceptors (Lipinski definition) is 6. The summed E-state index contributed by atoms with van der Waals surface area (Å²) < 4.78 is 0.900. The lowest BCUT2D eigenvalue weighted by Gasteiger charge is -2.13. The number of anilines is 5. The number of carbonyl (C=O) groups excluding carboxylic acids is 1. The monoisotopic (exact) mass is 397 g/mol. The summed E-state index contributed by atoms with van der Waals surface area (Å²) >= 11 is 3.48. The number of nitrogen functional groups attached to an aromatic ring is 1. The van der Waals surface area contributed by atoms with Gasteiger partial charge in [0, 0.05) is 15.7 Å². The molecule has 0 fully saturated rings. The molecule has 1 aromatic heterocycles. The van der Waals surface area contributed by atoms with Crippen molar-refractivity contribution in [3.05, 3.63) is 64.9 Å². The zero-order valence-electron chi connectivity index (χ0n) is 13.5. The van der Waals surface area contributed by atoms with E-state index >= 15 is 0 Å². The average molecular weight is 398 g/mol. The summed E-state index contributed by atoms with van der Waals surface area (Å²) in [5.41, 5.74) is 8.76. The van der Waals surface area contributed by atoms with E-state index in [0.29, 0.717) is 22.9 Å². The molecule has 0 spiro atoms. The molecule has 7 heteroatoms. The third-order valence-electron chi connectivity index (χ3n) is 3.54. The minimum absolute atomic E-state index is 0.00408. The molecule has 6 nitrogen and oxygen atoms in total. The Bertz CT molecular complexity index is 929. The number of Topliss-reactive ketones (excluding diaryl/α,β-unsaturated/α-hetero) is 1. The molecule has 0 bridgehead atoms. The zero-order chi connectivity index (χ0) is 17.8. The third kappa shape index (κ3) is 3.95. The van der Waals surface area contributed by atoms with Gasteiger partial charge in [-0.2, -0.15) is 0 Å². The van der Waals surface area contributed by atoms with E-state index < -0.39 is 0 Å². The van der Waals surface area contributed by atoms with E-state index in [0.717, 1.165) is 15.8 Å². The molecule has 1 heterocycles. The van der Waals surface area contributed by atoms with E-state index in [1.165, 1.54) is 13.3 Å². The van der Waals surface area contributed by atoms with E-state index in [1.807, 2.05) is 30.3 Å². The van der Waals surface area contributed by atoms with Crippen LogP contribution in [0.25, 0.3) is 0 Å². The summed E-state index contributed by atoms with van der Waals surface area (Å²) in [5, 5.41) is 6.31. The second kappa shape index (κ2) is 7.31. The Balaban J connectivity index is 1.88. The first-order valence-corrected chi connectivity index (χ1v) is 8.34. The maximum absolute atomic E-state index is 11.5. The van der Waals surface area contributed by atoms with Crippen molar-refractivity contribution in [3.63, 3.8) is 0 Å². The number of nitrogens with zero attached hydrogens (tertiary/aromatic N) is 2. The highest BCUT2D eigenvalue weighted by Gasteiger charge is 2.10. The molecule has 0 unspecified atom stereocenters. The number of aromatic nitrogens is 2. The fourth-order valence-corrected chi connectivity index (χ4v) is 2.62. The van der Waals surface area contributed by atoms with Gasteiger partial charge in [-0.15, -0.1) is 0 Å². The van der Waals surface area contributed by atoms with Crippen LogP contribution in [0.5, 0.6) is 0 Å². The molecule has 0 aliphatic heterocycles. The van der Waals surface area contributed by atoms with Crippen LogP contribution in [-0.4, -0.2) is 15.8 Å². The van der Waals surface area contributed by atoms with Crippen LogP contribution in [0.3, 0.4) is 0 Å². The summed E-state index contributed by atoms with van der Waals surface area (Å²) in [5.74, 6) is 0.952. The molecule has 0 aliphatic rings. The molecule has 3 rings (SSSR count). The van der Waals surface area contributed by atoms with Crippen molar-refractivity contribution in [2.24, 2.45) is 0 Å². The minimum atomic E-state index is -0.00408. The fourth-order valence-electron chi connectivity index (χ4n) is 2.24. The molecule has 0 radical (unpaired) electrons. The van der Waals surface area contributed by atoms with Crippen molar-refractivity contribution >= 4 is 50.4 Å². The molecule has 4 N–H and O–H groups in total. The Morgan fingerprint density at radius 3 is 2.48 bits per heavy atom. The highest BCUT2D eigenvalue weighted by Crippen LogP contribution is 2.31. The van der Waals surface area contributed by atoms with Gasteiger partial charge in [0.05, 0.1) is 5.69 Å². The molecule has 126 valence electrons. The molecule has 2 aromatic carbocycles. The lowest BCUT2D eigenvalue weighted by atomic mass is 10.1. The van der Waals surface area contributed by atoms with Crippen LogP contribution in [0, 0.1) is 0 Å². The maximum Gasteiger partial charge on any atom is 0.159 e. The number of nitrogens with one attached hydrogen (secondary N) is 2. The van der Waals surface area contributed by atoms with Gasteiger partial charge >= 0.3 is 0 Å². The van der Waals surface area contributed by atoms with Gasteiger partial charge in [0.1, 0.15) is 12.0 Å². The summed E-state index contributed by atoms with van der Waals surface area (Å²) in [6, 6.07) is 14.8. The van der Waals surface area contributed by atoms with Gasteiger partial charge in [0.15, 0.2) is 17.4 Å². The lowest BCUT2D eigenvalue weighted by molar-refractivity contribution is 0.101. The van der Waals surface area contributed by atoms with Crippen molar-refractivity contribution in [3.8, 4) is 0 Å². The minimum Gasteiger partial charge on any atom is -0.393 e. The number of carbonyl (C=O) groups is 1. The second-order valence-electron chi connectivity index (χ2n) is 5.35. The number of benzene rings is 2. The van der Waals surface area contributed by atoms with Crippen LogP contribution in [0.2, 0.25) is 0 Å². The third-order valence-corrected chi connectivity index (χ3v) is 4.23. The molecule has 0 atom stereocenters. The normalized spacial score (nSPS) is 10.3. The van der Waals surface area contributed by atoms with Crippen molar-refractivity contribution in [1.82, 2.24) is 9.97 Å². The van der Waals surface area contributed by atoms with E-state index in [9.17, 15) is 4.79 Å². The van der Waals surface area contributed by atoms with E-state index in [-0.39, 0.29) is 5.78 Å². The zero-order valence-corrected chi connectivity index (χ0v) is 15.0. The predicted molar refractivity (Wildman–Crippen MR) is 104 cm³/mol. The number of halogens is 1. The molecule has 3 aromatic rings. The summed E-state index contributed by atoms with van der Waals surface area (Å²) in [7, 11) is 0. The quantitative estimate of drug-likeness (QED) is 0.548. The predicted octanol–water partition coefficient (Wildman–Crippen LogP) is 4.51. The van der Waals surface area contributed by atoms with Gasteiger partial charge in [0.25, 0.3) is 0 Å². The van der Waals surface area contributed by atoms with E-state index in [4.69, 9.17) is 5.73 Å². The second-order valence-corrected chi connectivity index (χ2v) is 6.21. The van der Waals surface area contributed by atoms with Crippen molar-refractivity contribution in [2.45, 2.75) is 6.92 Å². The summed E-state index contributed by atoms with van der Waals surface area (Å²) in [6.45, 7) is 1.53. The molecule has 0 saturated heterocycles. The molecular formula is C18H16BrN5O. The first kappa shape index (κ1) is 16.9. The highest BCUT2D eigenvalue weighted by molar-refractivity contribution is 9.10. The first-order valence-electron chi connectivity index (χ1n) is 7.54. The van der Waals surface area contributed by atoms with Crippen LogP contribution in [0.4, 0.5) is 28.7 Å². The van der Waals surface area contributed by atoms with Crippen LogP contribution in [0.15, 0.2) is 59.3 Å². The Morgan fingerprint density at radius 2 is 1.76 bits per heavy atom.